The number of nitrogens with zero attached hydrogens (tertiary/aromatic N) is 1. The van der Waals surface area contributed by atoms with Gasteiger partial charge in [0.1, 0.15) is 11.8 Å². The van der Waals surface area contributed by atoms with E-state index in [0.29, 0.717) is 17.1 Å². The van der Waals surface area contributed by atoms with Crippen molar-refractivity contribution in [3.8, 4) is 5.75 Å². The number of rotatable bonds is 9. The molecular weight excluding hydrogens is 434 g/mol. The highest BCUT2D eigenvalue weighted by Gasteiger charge is 2.28. The predicted molar refractivity (Wildman–Crippen MR) is 122 cm³/mol. The lowest BCUT2D eigenvalue weighted by atomic mass is 10.0. The molecule has 0 aliphatic rings. The van der Waals surface area contributed by atoms with Crippen LogP contribution in [0.3, 0.4) is 0 Å². The summed E-state index contributed by atoms with van der Waals surface area (Å²) in [5, 5.41) is 2.72. The van der Waals surface area contributed by atoms with Crippen molar-refractivity contribution in [3.63, 3.8) is 0 Å². The molecule has 0 heterocycles. The summed E-state index contributed by atoms with van der Waals surface area (Å²) in [4.78, 5) is 26.0. The maximum Gasteiger partial charge on any atom is 0.413 e. The van der Waals surface area contributed by atoms with E-state index in [4.69, 9.17) is 9.47 Å². The van der Waals surface area contributed by atoms with Crippen molar-refractivity contribution in [3.05, 3.63) is 48.5 Å². The highest BCUT2D eigenvalue weighted by atomic mass is 32.2. The molecule has 0 saturated carbocycles. The Bertz CT molecular complexity index is 1020. The third kappa shape index (κ3) is 6.44. The van der Waals surface area contributed by atoms with Gasteiger partial charge in [0.2, 0.25) is 15.9 Å². The SMILES string of the molecule is CCOC(=O)N(C)c1ccc(NC(=O)[C@@H](NS(=O)(=O)c2ccc(OC)cc2)C(C)C)cc1. The number of anilines is 2. The Hall–Kier alpha value is -3.11. The van der Waals surface area contributed by atoms with Gasteiger partial charge in [-0.1, -0.05) is 13.8 Å². The van der Waals surface area contributed by atoms with Gasteiger partial charge in [-0.3, -0.25) is 9.69 Å². The summed E-state index contributed by atoms with van der Waals surface area (Å²) in [6.45, 7) is 5.48. The molecule has 32 heavy (non-hydrogen) atoms. The molecular formula is C22H29N3O6S. The van der Waals surface area contributed by atoms with E-state index in [9.17, 15) is 18.0 Å². The lowest BCUT2D eigenvalue weighted by Crippen LogP contribution is -2.47. The highest BCUT2D eigenvalue weighted by Crippen LogP contribution is 2.20. The summed E-state index contributed by atoms with van der Waals surface area (Å²) >= 11 is 0. The number of ether oxygens (including phenoxy) is 2. The van der Waals surface area contributed by atoms with Crippen LogP contribution >= 0.6 is 0 Å². The molecule has 0 unspecified atom stereocenters. The van der Waals surface area contributed by atoms with Crippen molar-refractivity contribution in [1.29, 1.82) is 0 Å². The largest absolute Gasteiger partial charge is 0.497 e. The number of sulfonamides is 1. The summed E-state index contributed by atoms with van der Waals surface area (Å²) < 4.78 is 38.0. The topological polar surface area (TPSA) is 114 Å². The Morgan fingerprint density at radius 1 is 1.03 bits per heavy atom. The second-order valence-corrected chi connectivity index (χ2v) is 9.03. The molecule has 2 N–H and O–H groups in total. The minimum absolute atomic E-state index is 0.0307. The van der Waals surface area contributed by atoms with Gasteiger partial charge in [0.15, 0.2) is 0 Å². The Balaban J connectivity index is 2.12. The molecule has 0 fully saturated rings. The number of benzene rings is 2. The van der Waals surface area contributed by atoms with Gasteiger partial charge < -0.3 is 14.8 Å². The molecule has 10 heteroatoms. The molecule has 174 valence electrons. The van der Waals surface area contributed by atoms with Crippen molar-refractivity contribution in [2.24, 2.45) is 5.92 Å². The van der Waals surface area contributed by atoms with E-state index in [2.05, 4.69) is 10.0 Å². The Labute approximate surface area is 188 Å². The second-order valence-electron chi connectivity index (χ2n) is 7.31. The number of methoxy groups -OCH3 is 1. The van der Waals surface area contributed by atoms with E-state index in [-0.39, 0.29) is 17.4 Å². The molecule has 0 radical (unpaired) electrons. The summed E-state index contributed by atoms with van der Waals surface area (Å²) in [5.41, 5.74) is 1.05. The van der Waals surface area contributed by atoms with E-state index in [0.717, 1.165) is 0 Å². The number of hydrogen-bond acceptors (Lipinski definition) is 6. The van der Waals surface area contributed by atoms with Crippen molar-refractivity contribution in [2.75, 3.05) is 31.0 Å². The van der Waals surface area contributed by atoms with Gasteiger partial charge in [0.25, 0.3) is 0 Å². The van der Waals surface area contributed by atoms with Crippen LogP contribution in [-0.4, -0.2) is 47.2 Å². The van der Waals surface area contributed by atoms with Crippen LogP contribution in [0.4, 0.5) is 16.2 Å². The zero-order chi connectivity index (χ0) is 23.9. The maximum absolute atomic E-state index is 12.8. The number of carbonyl (C=O) groups is 2. The standard InChI is InChI=1S/C22H29N3O6S/c1-6-31-22(27)25(4)17-9-7-16(8-10-17)23-21(26)20(15(2)3)24-32(28,29)19-13-11-18(30-5)12-14-19/h7-15,20,24H,6H2,1-5H3,(H,23,26)/t20-/m0/s1. The molecule has 0 aliphatic heterocycles. The first-order valence-corrected chi connectivity index (χ1v) is 11.5. The van der Waals surface area contributed by atoms with Gasteiger partial charge >= 0.3 is 6.09 Å². The summed E-state index contributed by atoms with van der Waals surface area (Å²) in [6.07, 6.45) is -0.489. The fraction of sp³-hybridized carbons (Fsp3) is 0.364. The van der Waals surface area contributed by atoms with Crippen molar-refractivity contribution >= 4 is 33.4 Å². The van der Waals surface area contributed by atoms with E-state index in [1.807, 2.05) is 0 Å². The van der Waals surface area contributed by atoms with Crippen LogP contribution < -0.4 is 19.7 Å². The number of carbonyl (C=O) groups excluding carboxylic acids is 2. The van der Waals surface area contributed by atoms with Gasteiger partial charge in [-0.15, -0.1) is 0 Å². The molecule has 0 aliphatic carbocycles. The average molecular weight is 464 g/mol. The minimum atomic E-state index is -3.92. The first-order valence-electron chi connectivity index (χ1n) is 10.1. The van der Waals surface area contributed by atoms with Gasteiger partial charge in [0, 0.05) is 18.4 Å². The van der Waals surface area contributed by atoms with Crippen molar-refractivity contribution in [2.45, 2.75) is 31.7 Å². The lowest BCUT2D eigenvalue weighted by molar-refractivity contribution is -0.118. The molecule has 0 saturated heterocycles. The Kier molecular flexibility index (Phi) is 8.62. The predicted octanol–water partition coefficient (Wildman–Crippen LogP) is 3.23. The Morgan fingerprint density at radius 3 is 2.12 bits per heavy atom. The maximum atomic E-state index is 12.8. The molecule has 0 spiro atoms. The Morgan fingerprint density at radius 2 is 1.62 bits per heavy atom. The first kappa shape index (κ1) is 25.2. The molecule has 1 atom stereocenters. The normalized spacial score (nSPS) is 12.2. The van der Waals surface area contributed by atoms with Crippen molar-refractivity contribution < 1.29 is 27.5 Å². The van der Waals surface area contributed by atoms with Crippen LogP contribution in [0.2, 0.25) is 0 Å². The fourth-order valence-electron chi connectivity index (χ4n) is 2.80. The van der Waals surface area contributed by atoms with E-state index in [1.165, 1.54) is 36.3 Å². The summed E-state index contributed by atoms with van der Waals surface area (Å²) in [7, 11) is -0.858. The van der Waals surface area contributed by atoms with Crippen LogP contribution in [-0.2, 0) is 19.6 Å². The van der Waals surface area contributed by atoms with E-state index < -0.39 is 28.1 Å². The summed E-state index contributed by atoms with van der Waals surface area (Å²) in [6, 6.07) is 11.4. The molecule has 2 aromatic carbocycles. The monoisotopic (exact) mass is 463 g/mol. The van der Waals surface area contributed by atoms with Crippen molar-refractivity contribution in [1.82, 2.24) is 4.72 Å². The molecule has 2 aromatic rings. The van der Waals surface area contributed by atoms with Crippen LogP contribution in [0.25, 0.3) is 0 Å². The van der Waals surface area contributed by atoms with Crippen LogP contribution in [0.1, 0.15) is 20.8 Å². The molecule has 9 nitrogen and oxygen atoms in total. The second kappa shape index (κ2) is 11.0. The van der Waals surface area contributed by atoms with Gasteiger partial charge in [-0.25, -0.2) is 13.2 Å². The molecule has 0 aromatic heterocycles. The van der Waals surface area contributed by atoms with Gasteiger partial charge in [0.05, 0.1) is 18.6 Å². The first-order chi connectivity index (χ1) is 15.1. The van der Waals surface area contributed by atoms with E-state index >= 15 is 0 Å². The number of amides is 2. The number of hydrogen-bond donors (Lipinski definition) is 2. The quantitative estimate of drug-likeness (QED) is 0.590. The van der Waals surface area contributed by atoms with Gasteiger partial charge in [-0.2, -0.15) is 4.72 Å². The van der Waals surface area contributed by atoms with Crippen LogP contribution in [0.5, 0.6) is 5.75 Å². The summed E-state index contributed by atoms with van der Waals surface area (Å²) in [5.74, 6) is -0.278. The average Bonchev–Trinajstić information content (AvgIpc) is 2.77. The number of nitrogens with one attached hydrogen (secondary N) is 2. The third-order valence-corrected chi connectivity index (χ3v) is 6.12. The van der Waals surface area contributed by atoms with Crippen LogP contribution in [0, 0.1) is 5.92 Å². The molecule has 2 rings (SSSR count). The highest BCUT2D eigenvalue weighted by molar-refractivity contribution is 7.89. The fourth-order valence-corrected chi connectivity index (χ4v) is 4.14. The molecule has 2 amide bonds. The van der Waals surface area contributed by atoms with E-state index in [1.54, 1.807) is 52.1 Å². The smallest absolute Gasteiger partial charge is 0.413 e. The minimum Gasteiger partial charge on any atom is -0.497 e. The van der Waals surface area contributed by atoms with Crippen LogP contribution in [0.15, 0.2) is 53.4 Å². The zero-order valence-corrected chi connectivity index (χ0v) is 19.6. The third-order valence-electron chi connectivity index (χ3n) is 4.66. The van der Waals surface area contributed by atoms with Gasteiger partial charge in [-0.05, 0) is 61.4 Å². The molecule has 0 bridgehead atoms. The lowest BCUT2D eigenvalue weighted by Gasteiger charge is -2.22. The zero-order valence-electron chi connectivity index (χ0n) is 18.8.